The molecule has 2 rings (SSSR count). The third-order valence-corrected chi connectivity index (χ3v) is 3.04. The van der Waals surface area contributed by atoms with Gasteiger partial charge in [-0.05, 0) is 18.2 Å². The third-order valence-electron chi connectivity index (χ3n) is 2.63. The Bertz CT molecular complexity index is 698. The van der Waals surface area contributed by atoms with E-state index >= 15 is 0 Å². The highest BCUT2D eigenvalue weighted by molar-refractivity contribution is 6.36. The number of halogens is 4. The van der Waals surface area contributed by atoms with E-state index in [1.807, 2.05) is 6.07 Å². The lowest BCUT2D eigenvalue weighted by Gasteiger charge is -2.11. The monoisotopic (exact) mass is 286 g/mol. The van der Waals surface area contributed by atoms with Crippen molar-refractivity contribution in [2.75, 3.05) is 0 Å². The van der Waals surface area contributed by atoms with Crippen molar-refractivity contribution in [2.45, 2.75) is 12.7 Å². The zero-order valence-electron chi connectivity index (χ0n) is 9.33. The lowest BCUT2D eigenvalue weighted by Crippen LogP contribution is -2.19. The Balaban J connectivity index is 2.73. The van der Waals surface area contributed by atoms with Crippen LogP contribution >= 0.6 is 11.6 Å². The third kappa shape index (κ3) is 2.42. The molecule has 0 aliphatic rings. The summed E-state index contributed by atoms with van der Waals surface area (Å²) < 4.78 is 38.3. The van der Waals surface area contributed by atoms with Crippen LogP contribution < -0.4 is 0 Å². The van der Waals surface area contributed by atoms with E-state index in [9.17, 15) is 18.0 Å². The first kappa shape index (κ1) is 13.4. The zero-order valence-corrected chi connectivity index (χ0v) is 10.1. The SMILES string of the molecule is N#Cc1ccc2c(cc(C=O)n2CC(F)(F)F)c1Cl. The van der Waals surface area contributed by atoms with Gasteiger partial charge in [0.25, 0.3) is 0 Å². The fourth-order valence-electron chi connectivity index (χ4n) is 1.86. The largest absolute Gasteiger partial charge is 0.406 e. The maximum Gasteiger partial charge on any atom is 0.406 e. The van der Waals surface area contributed by atoms with Gasteiger partial charge in [0.2, 0.25) is 0 Å². The van der Waals surface area contributed by atoms with E-state index in [-0.39, 0.29) is 27.2 Å². The molecule has 0 N–H and O–H groups in total. The van der Waals surface area contributed by atoms with Gasteiger partial charge in [-0.25, -0.2) is 0 Å². The number of alkyl halides is 3. The van der Waals surface area contributed by atoms with Crippen molar-refractivity contribution in [2.24, 2.45) is 0 Å². The van der Waals surface area contributed by atoms with E-state index in [1.165, 1.54) is 18.2 Å². The van der Waals surface area contributed by atoms with Crippen molar-refractivity contribution >= 4 is 28.8 Å². The number of nitriles is 1. The molecule has 1 aromatic carbocycles. The molecule has 3 nitrogen and oxygen atoms in total. The lowest BCUT2D eigenvalue weighted by molar-refractivity contribution is -0.140. The maximum atomic E-state index is 12.5. The minimum Gasteiger partial charge on any atom is -0.329 e. The van der Waals surface area contributed by atoms with Gasteiger partial charge < -0.3 is 4.57 Å². The van der Waals surface area contributed by atoms with Gasteiger partial charge in [0.05, 0.1) is 21.8 Å². The molecule has 0 unspecified atom stereocenters. The summed E-state index contributed by atoms with van der Waals surface area (Å²) >= 11 is 5.92. The van der Waals surface area contributed by atoms with Crippen LogP contribution in [0.2, 0.25) is 5.02 Å². The number of carbonyl (C=O) groups excluding carboxylic acids is 1. The minimum atomic E-state index is -4.45. The van der Waals surface area contributed by atoms with E-state index < -0.39 is 12.7 Å². The smallest absolute Gasteiger partial charge is 0.329 e. The van der Waals surface area contributed by atoms with Crippen LogP contribution in [0.3, 0.4) is 0 Å². The highest BCUT2D eigenvalue weighted by Gasteiger charge is 2.30. The van der Waals surface area contributed by atoms with Crippen molar-refractivity contribution in [3.63, 3.8) is 0 Å². The molecule has 0 amide bonds. The summed E-state index contributed by atoms with van der Waals surface area (Å²) in [6.45, 7) is -1.28. The second-order valence-electron chi connectivity index (χ2n) is 3.86. The molecule has 1 aromatic heterocycles. The van der Waals surface area contributed by atoms with Gasteiger partial charge in [0, 0.05) is 5.39 Å². The quantitative estimate of drug-likeness (QED) is 0.793. The summed E-state index contributed by atoms with van der Waals surface area (Å²) in [6, 6.07) is 5.75. The Kier molecular flexibility index (Phi) is 3.25. The van der Waals surface area contributed by atoms with Crippen molar-refractivity contribution in [1.29, 1.82) is 5.26 Å². The van der Waals surface area contributed by atoms with Crippen LogP contribution in [0.15, 0.2) is 18.2 Å². The summed E-state index contributed by atoms with van der Waals surface area (Å²) in [7, 11) is 0. The van der Waals surface area contributed by atoms with Crippen LogP contribution in [0.25, 0.3) is 10.9 Å². The van der Waals surface area contributed by atoms with Crippen molar-refractivity contribution < 1.29 is 18.0 Å². The summed E-state index contributed by atoms with van der Waals surface area (Å²) in [6.07, 6.45) is -4.13. The van der Waals surface area contributed by atoms with E-state index in [4.69, 9.17) is 16.9 Å². The van der Waals surface area contributed by atoms with Gasteiger partial charge in [-0.15, -0.1) is 0 Å². The van der Waals surface area contributed by atoms with E-state index in [1.54, 1.807) is 0 Å². The molecule has 19 heavy (non-hydrogen) atoms. The van der Waals surface area contributed by atoms with Gasteiger partial charge in [-0.2, -0.15) is 18.4 Å². The number of aldehydes is 1. The Morgan fingerprint density at radius 1 is 1.42 bits per heavy atom. The zero-order chi connectivity index (χ0) is 14.2. The number of carbonyl (C=O) groups is 1. The van der Waals surface area contributed by atoms with Crippen molar-refractivity contribution in [3.05, 3.63) is 34.5 Å². The number of fused-ring (bicyclic) bond motifs is 1. The molecular formula is C12H6ClF3N2O. The highest BCUT2D eigenvalue weighted by Crippen LogP contribution is 2.31. The van der Waals surface area contributed by atoms with Crippen LogP contribution in [-0.4, -0.2) is 17.0 Å². The first-order chi connectivity index (χ1) is 8.87. The average molecular weight is 287 g/mol. The van der Waals surface area contributed by atoms with E-state index in [2.05, 4.69) is 0 Å². The lowest BCUT2D eigenvalue weighted by atomic mass is 10.1. The molecule has 1 heterocycles. The van der Waals surface area contributed by atoms with Crippen LogP contribution in [0.4, 0.5) is 13.2 Å². The molecule has 0 atom stereocenters. The minimum absolute atomic E-state index is 0.0454. The van der Waals surface area contributed by atoms with Crippen molar-refractivity contribution in [1.82, 2.24) is 4.57 Å². The molecule has 0 spiro atoms. The van der Waals surface area contributed by atoms with Gasteiger partial charge in [0.15, 0.2) is 6.29 Å². The Morgan fingerprint density at radius 2 is 2.11 bits per heavy atom. The van der Waals surface area contributed by atoms with Gasteiger partial charge in [0.1, 0.15) is 12.6 Å². The molecule has 0 aliphatic carbocycles. The fourth-order valence-corrected chi connectivity index (χ4v) is 2.12. The topological polar surface area (TPSA) is 45.8 Å². The standard InChI is InChI=1S/C12H6ClF3N2O/c13-11-7(4-17)1-2-10-9(11)3-8(5-19)18(10)6-12(14,15)16/h1-3,5H,6H2. The summed E-state index contributed by atoms with van der Waals surface area (Å²) in [4.78, 5) is 10.9. The predicted octanol–water partition coefficient (Wildman–Crippen LogP) is 3.54. The molecule has 98 valence electrons. The van der Waals surface area contributed by atoms with Gasteiger partial charge >= 0.3 is 6.18 Å². The van der Waals surface area contributed by atoms with Crippen LogP contribution in [-0.2, 0) is 6.54 Å². The maximum absolute atomic E-state index is 12.5. The summed E-state index contributed by atoms with van der Waals surface area (Å²) in [5.74, 6) is 0. The Hall–Kier alpha value is -2.00. The molecule has 0 fully saturated rings. The Labute approximate surface area is 110 Å². The summed E-state index contributed by atoms with van der Waals surface area (Å²) in [5, 5.41) is 9.11. The Morgan fingerprint density at radius 3 is 2.63 bits per heavy atom. The molecular weight excluding hydrogens is 281 g/mol. The number of rotatable bonds is 2. The van der Waals surface area contributed by atoms with Gasteiger partial charge in [-0.1, -0.05) is 11.6 Å². The number of aromatic nitrogens is 1. The fraction of sp³-hybridized carbons (Fsp3) is 0.167. The molecule has 0 radical (unpaired) electrons. The first-order valence-corrected chi connectivity index (χ1v) is 5.49. The van der Waals surface area contributed by atoms with Crippen LogP contribution in [0, 0.1) is 11.3 Å². The molecule has 0 bridgehead atoms. The predicted molar refractivity (Wildman–Crippen MR) is 63.1 cm³/mol. The van der Waals surface area contributed by atoms with Gasteiger partial charge in [-0.3, -0.25) is 4.79 Å². The number of hydrogen-bond donors (Lipinski definition) is 0. The first-order valence-electron chi connectivity index (χ1n) is 5.11. The van der Waals surface area contributed by atoms with Crippen molar-refractivity contribution in [3.8, 4) is 6.07 Å². The van der Waals surface area contributed by atoms with E-state index in [0.29, 0.717) is 6.29 Å². The molecule has 0 saturated heterocycles. The highest BCUT2D eigenvalue weighted by atomic mass is 35.5. The number of nitrogens with zero attached hydrogens (tertiary/aromatic N) is 2. The molecule has 2 aromatic rings. The molecule has 7 heteroatoms. The molecule has 0 aliphatic heterocycles. The van der Waals surface area contributed by atoms with Crippen LogP contribution in [0.5, 0.6) is 0 Å². The van der Waals surface area contributed by atoms with E-state index in [0.717, 1.165) is 4.57 Å². The second-order valence-corrected chi connectivity index (χ2v) is 4.24. The second kappa shape index (κ2) is 4.59. The normalized spacial score (nSPS) is 11.5. The molecule has 0 saturated carbocycles. The number of hydrogen-bond acceptors (Lipinski definition) is 2. The van der Waals surface area contributed by atoms with Crippen LogP contribution in [0.1, 0.15) is 16.1 Å². The summed E-state index contributed by atoms with van der Waals surface area (Å²) in [5.41, 5.74) is 0.184. The average Bonchev–Trinajstić information content (AvgIpc) is 2.67. The number of benzene rings is 1.